The quantitative estimate of drug-likeness (QED) is 0.794. The number of carbonyl (C=O) groups excluding carboxylic acids is 1. The van der Waals surface area contributed by atoms with Crippen molar-refractivity contribution in [2.45, 2.75) is 43.0 Å². The third kappa shape index (κ3) is 3.73. The first kappa shape index (κ1) is 17.9. The van der Waals surface area contributed by atoms with Gasteiger partial charge in [-0.25, -0.2) is 17.9 Å². The Labute approximate surface area is 137 Å². The molecule has 2 unspecified atom stereocenters. The monoisotopic (exact) mass is 340 g/mol. The van der Waals surface area contributed by atoms with Gasteiger partial charge in [-0.3, -0.25) is 0 Å². The van der Waals surface area contributed by atoms with Crippen LogP contribution in [0, 0.1) is 5.92 Å². The largest absolute Gasteiger partial charge is 0.465 e. The van der Waals surface area contributed by atoms with Crippen molar-refractivity contribution >= 4 is 16.0 Å². The van der Waals surface area contributed by atoms with E-state index in [-0.39, 0.29) is 22.9 Å². The highest BCUT2D eigenvalue weighted by Gasteiger charge is 2.40. The summed E-state index contributed by atoms with van der Waals surface area (Å²) in [5, 5.41) is 0. The van der Waals surface area contributed by atoms with Crippen molar-refractivity contribution in [1.29, 1.82) is 0 Å². The van der Waals surface area contributed by atoms with Gasteiger partial charge >= 0.3 is 5.97 Å². The van der Waals surface area contributed by atoms with E-state index in [0.717, 1.165) is 25.7 Å². The summed E-state index contributed by atoms with van der Waals surface area (Å²) in [6.45, 7) is 2.28. The summed E-state index contributed by atoms with van der Waals surface area (Å²) in [6.07, 6.45) is 3.71. The van der Waals surface area contributed by atoms with Crippen LogP contribution in [-0.4, -0.2) is 33.6 Å². The summed E-state index contributed by atoms with van der Waals surface area (Å²) in [6, 6.07) is 5.84. The topological polar surface area (TPSA) is 98.5 Å². The van der Waals surface area contributed by atoms with Gasteiger partial charge in [0, 0.05) is 12.1 Å². The Hall–Kier alpha value is -1.44. The van der Waals surface area contributed by atoms with Crippen LogP contribution in [0.3, 0.4) is 0 Å². The molecule has 1 aromatic rings. The van der Waals surface area contributed by atoms with E-state index in [1.807, 2.05) is 6.92 Å². The van der Waals surface area contributed by atoms with Crippen molar-refractivity contribution in [3.05, 3.63) is 29.8 Å². The zero-order valence-electron chi connectivity index (χ0n) is 13.5. The van der Waals surface area contributed by atoms with Gasteiger partial charge in [0.05, 0.1) is 17.6 Å². The number of esters is 1. The fourth-order valence-electron chi connectivity index (χ4n) is 3.14. The maximum absolute atomic E-state index is 12.8. The normalized spacial score (nSPS) is 25.1. The average molecular weight is 340 g/mol. The van der Waals surface area contributed by atoms with Crippen molar-refractivity contribution in [2.24, 2.45) is 11.7 Å². The van der Waals surface area contributed by atoms with Crippen LogP contribution >= 0.6 is 0 Å². The maximum Gasteiger partial charge on any atom is 0.337 e. The molecule has 0 saturated heterocycles. The minimum absolute atomic E-state index is 0.0472. The lowest BCUT2D eigenvalue weighted by Gasteiger charge is -2.42. The Morgan fingerprint density at radius 3 is 2.78 bits per heavy atom. The van der Waals surface area contributed by atoms with Crippen molar-refractivity contribution in [3.8, 4) is 0 Å². The zero-order chi connectivity index (χ0) is 17.1. The number of ether oxygens (including phenoxy) is 1. The van der Waals surface area contributed by atoms with Crippen molar-refractivity contribution in [3.63, 3.8) is 0 Å². The van der Waals surface area contributed by atoms with E-state index >= 15 is 0 Å². The number of nitrogens with one attached hydrogen (secondary N) is 1. The molecule has 1 saturated carbocycles. The number of nitrogens with two attached hydrogens (primary N) is 1. The summed E-state index contributed by atoms with van der Waals surface area (Å²) in [4.78, 5) is 11.6. The number of rotatable bonds is 5. The average Bonchev–Trinajstić information content (AvgIpc) is 2.56. The Balaban J connectivity index is 2.33. The van der Waals surface area contributed by atoms with Crippen molar-refractivity contribution < 1.29 is 17.9 Å². The fourth-order valence-corrected chi connectivity index (χ4v) is 4.72. The Bertz CT molecular complexity index is 674. The van der Waals surface area contributed by atoms with Gasteiger partial charge < -0.3 is 10.5 Å². The molecule has 3 N–H and O–H groups in total. The molecular weight excluding hydrogens is 316 g/mol. The van der Waals surface area contributed by atoms with Crippen LogP contribution < -0.4 is 10.5 Å². The molecule has 128 valence electrons. The van der Waals surface area contributed by atoms with Crippen molar-refractivity contribution in [2.75, 3.05) is 13.7 Å². The molecule has 1 fully saturated rings. The minimum Gasteiger partial charge on any atom is -0.465 e. The first-order valence-corrected chi connectivity index (χ1v) is 9.25. The third-order valence-corrected chi connectivity index (χ3v) is 6.27. The van der Waals surface area contributed by atoms with E-state index in [2.05, 4.69) is 9.46 Å². The first-order chi connectivity index (χ1) is 10.8. The number of sulfonamides is 1. The minimum atomic E-state index is -3.77. The molecule has 0 heterocycles. The van der Waals surface area contributed by atoms with E-state index in [4.69, 9.17) is 5.73 Å². The molecule has 0 aliphatic heterocycles. The van der Waals surface area contributed by atoms with Gasteiger partial charge in [0.2, 0.25) is 10.0 Å². The molecule has 1 aliphatic carbocycles. The van der Waals surface area contributed by atoms with E-state index in [1.165, 1.54) is 31.4 Å². The first-order valence-electron chi connectivity index (χ1n) is 7.77. The Morgan fingerprint density at radius 1 is 1.43 bits per heavy atom. The molecule has 0 aromatic heterocycles. The molecule has 1 aromatic carbocycles. The van der Waals surface area contributed by atoms with Crippen LogP contribution in [-0.2, 0) is 14.8 Å². The lowest BCUT2D eigenvalue weighted by atomic mass is 9.74. The molecular formula is C16H24N2O4S. The molecule has 23 heavy (non-hydrogen) atoms. The SMILES string of the molecule is COC(=O)c1cccc(S(=O)(=O)NC2(CN)CCCCC2C)c1. The molecule has 0 spiro atoms. The van der Waals surface area contributed by atoms with Gasteiger partial charge in [0.15, 0.2) is 0 Å². The zero-order valence-corrected chi connectivity index (χ0v) is 14.4. The van der Waals surface area contributed by atoms with E-state index in [9.17, 15) is 13.2 Å². The van der Waals surface area contributed by atoms with E-state index in [0.29, 0.717) is 0 Å². The third-order valence-electron chi connectivity index (χ3n) is 4.72. The number of benzene rings is 1. The van der Waals surface area contributed by atoms with Crippen LogP contribution in [0.2, 0.25) is 0 Å². The summed E-state index contributed by atoms with van der Waals surface area (Å²) >= 11 is 0. The standard InChI is InChI=1S/C16H24N2O4S/c1-12-6-3-4-9-16(12,11-17)18-23(20,21)14-8-5-7-13(10-14)15(19)22-2/h5,7-8,10,12,18H,3-4,6,9,11,17H2,1-2H3. The smallest absolute Gasteiger partial charge is 0.337 e. The molecule has 2 rings (SSSR count). The van der Waals surface area contributed by atoms with Gasteiger partial charge in [0.25, 0.3) is 0 Å². The van der Waals surface area contributed by atoms with Gasteiger partial charge in [0.1, 0.15) is 0 Å². The molecule has 0 radical (unpaired) electrons. The second-order valence-corrected chi connectivity index (χ2v) is 7.81. The van der Waals surface area contributed by atoms with Crippen LogP contribution in [0.15, 0.2) is 29.2 Å². The highest BCUT2D eigenvalue weighted by molar-refractivity contribution is 7.89. The Morgan fingerprint density at radius 2 is 2.17 bits per heavy atom. The van der Waals surface area contributed by atoms with Gasteiger partial charge in [-0.2, -0.15) is 0 Å². The molecule has 6 nitrogen and oxygen atoms in total. The summed E-state index contributed by atoms with van der Waals surface area (Å²) in [7, 11) is -2.51. The lowest BCUT2D eigenvalue weighted by Crippen LogP contribution is -2.58. The maximum atomic E-state index is 12.8. The van der Waals surface area contributed by atoms with Gasteiger partial charge in [-0.15, -0.1) is 0 Å². The summed E-state index contributed by atoms with van der Waals surface area (Å²) < 4.78 is 33.0. The molecule has 1 aliphatic rings. The highest BCUT2D eigenvalue weighted by atomic mass is 32.2. The van der Waals surface area contributed by atoms with E-state index < -0.39 is 21.5 Å². The summed E-state index contributed by atoms with van der Waals surface area (Å²) in [5.41, 5.74) is 5.49. The predicted octanol–water partition coefficient (Wildman–Crippen LogP) is 1.66. The van der Waals surface area contributed by atoms with Crippen molar-refractivity contribution in [1.82, 2.24) is 4.72 Å². The number of hydrogen-bond acceptors (Lipinski definition) is 5. The molecule has 0 bridgehead atoms. The van der Waals surface area contributed by atoms with E-state index in [1.54, 1.807) is 0 Å². The van der Waals surface area contributed by atoms with Gasteiger partial charge in [-0.1, -0.05) is 25.8 Å². The number of carbonyl (C=O) groups is 1. The van der Waals surface area contributed by atoms with Gasteiger partial charge in [-0.05, 0) is 37.0 Å². The molecule has 7 heteroatoms. The summed E-state index contributed by atoms with van der Waals surface area (Å²) in [5.74, 6) is -0.401. The predicted molar refractivity (Wildman–Crippen MR) is 87.5 cm³/mol. The van der Waals surface area contributed by atoms with Crippen LogP contribution in [0.25, 0.3) is 0 Å². The van der Waals surface area contributed by atoms with Crippen LogP contribution in [0.1, 0.15) is 43.0 Å². The second-order valence-electron chi connectivity index (χ2n) is 6.13. The number of hydrogen-bond donors (Lipinski definition) is 2. The highest BCUT2D eigenvalue weighted by Crippen LogP contribution is 2.34. The fraction of sp³-hybridized carbons (Fsp3) is 0.562. The number of methoxy groups -OCH3 is 1. The van der Waals surface area contributed by atoms with Crippen LogP contribution in [0.4, 0.5) is 0 Å². The lowest BCUT2D eigenvalue weighted by molar-refractivity contribution is 0.0600. The molecule has 2 atom stereocenters. The molecule has 0 amide bonds. The second kappa shape index (κ2) is 6.98. The Kier molecular flexibility index (Phi) is 5.44. The van der Waals surface area contributed by atoms with Crippen LogP contribution in [0.5, 0.6) is 0 Å².